The smallest absolute Gasteiger partial charge is 0.260 e. The van der Waals surface area contributed by atoms with Gasteiger partial charge in [0.2, 0.25) is 0 Å². The van der Waals surface area contributed by atoms with Crippen molar-refractivity contribution in [2.24, 2.45) is 10.2 Å². The lowest BCUT2D eigenvalue weighted by Gasteiger charge is -2.13. The lowest BCUT2D eigenvalue weighted by atomic mass is 10.2. The van der Waals surface area contributed by atoms with Gasteiger partial charge in [0.25, 0.3) is 5.91 Å². The minimum atomic E-state index is -0.284. The van der Waals surface area contributed by atoms with Gasteiger partial charge in [-0.2, -0.15) is 0 Å². The summed E-state index contributed by atoms with van der Waals surface area (Å²) in [6, 6.07) is 0. The fourth-order valence-corrected chi connectivity index (χ4v) is 0.948. The Bertz CT molecular complexity index is 302. The number of nitrogens with one attached hydrogen (secondary N) is 3. The highest BCUT2D eigenvalue weighted by Gasteiger charge is 2.27. The molecule has 3 N–H and O–H groups in total. The first-order valence-corrected chi connectivity index (χ1v) is 3.06. The zero-order valence-corrected chi connectivity index (χ0v) is 5.51. The van der Waals surface area contributed by atoms with Crippen LogP contribution in [0.4, 0.5) is 0 Å². The third kappa shape index (κ3) is 0.721. The minimum absolute atomic E-state index is 0.0790. The Hall–Kier alpha value is -1.72. The summed E-state index contributed by atoms with van der Waals surface area (Å²) in [5.41, 5.74) is 0.233. The van der Waals surface area contributed by atoms with E-state index >= 15 is 0 Å². The summed E-state index contributed by atoms with van der Waals surface area (Å²) >= 11 is 0. The van der Waals surface area contributed by atoms with Crippen LogP contribution in [0, 0.1) is 5.41 Å². The van der Waals surface area contributed by atoms with E-state index in [1.54, 1.807) is 0 Å². The van der Waals surface area contributed by atoms with Gasteiger partial charge in [0.1, 0.15) is 5.57 Å². The normalized spacial score (nSPS) is 21.5. The van der Waals surface area contributed by atoms with Crippen molar-refractivity contribution in [3.8, 4) is 0 Å². The van der Waals surface area contributed by atoms with Crippen LogP contribution in [-0.4, -0.2) is 18.4 Å². The molecule has 0 spiro atoms. The van der Waals surface area contributed by atoms with Crippen LogP contribution in [0.3, 0.4) is 0 Å². The van der Waals surface area contributed by atoms with Crippen molar-refractivity contribution < 1.29 is 4.79 Å². The molecule has 0 atom stereocenters. The Labute approximate surface area is 61.9 Å². The first-order valence-electron chi connectivity index (χ1n) is 3.06. The van der Waals surface area contributed by atoms with Crippen molar-refractivity contribution in [1.82, 2.24) is 10.6 Å². The predicted molar refractivity (Wildman–Crippen MR) is 35.8 cm³/mol. The molecule has 1 amide bonds. The number of carbonyl (C=O) groups is 1. The Kier molecular flexibility index (Phi) is 1.03. The number of hydrogen-bond donors (Lipinski definition) is 3. The monoisotopic (exact) mass is 151 g/mol. The molecule has 0 unspecified atom stereocenters. The minimum Gasteiger partial charge on any atom is -0.350 e. The van der Waals surface area contributed by atoms with Crippen LogP contribution in [-0.2, 0) is 4.79 Å². The first-order chi connectivity index (χ1) is 5.29. The van der Waals surface area contributed by atoms with Gasteiger partial charge < -0.3 is 10.6 Å². The van der Waals surface area contributed by atoms with Crippen LogP contribution in [0.25, 0.3) is 0 Å². The largest absolute Gasteiger partial charge is 0.350 e. The van der Waals surface area contributed by atoms with Crippen molar-refractivity contribution in [3.63, 3.8) is 0 Å². The highest BCUT2D eigenvalue weighted by Crippen LogP contribution is 2.15. The van der Waals surface area contributed by atoms with Gasteiger partial charge in [0.15, 0.2) is 11.7 Å². The van der Waals surface area contributed by atoms with Crippen LogP contribution in [0.5, 0.6) is 0 Å². The van der Waals surface area contributed by atoms with E-state index in [4.69, 9.17) is 5.41 Å². The number of azo groups is 1. The standard InChI is InChI=1S/C5H5N5O/c6-3-2-4(10-9-3)7-1-8-5(2)11/h6-7H,1H2,(H,8,11). The van der Waals surface area contributed by atoms with E-state index in [0.29, 0.717) is 12.5 Å². The van der Waals surface area contributed by atoms with Crippen molar-refractivity contribution in [2.75, 3.05) is 6.67 Å². The molecule has 0 aliphatic carbocycles. The van der Waals surface area contributed by atoms with E-state index in [-0.39, 0.29) is 17.3 Å². The lowest BCUT2D eigenvalue weighted by molar-refractivity contribution is -0.117. The molecule has 6 nitrogen and oxygen atoms in total. The maximum absolute atomic E-state index is 11.0. The summed E-state index contributed by atoms with van der Waals surface area (Å²) in [4.78, 5) is 11.0. The Balaban J connectivity index is 2.47. The molecule has 2 aliphatic rings. The number of rotatable bonds is 0. The number of hydrogen-bond acceptors (Lipinski definition) is 4. The Morgan fingerprint density at radius 3 is 2.91 bits per heavy atom. The van der Waals surface area contributed by atoms with E-state index in [0.717, 1.165) is 0 Å². The molecule has 2 heterocycles. The average molecular weight is 151 g/mol. The van der Waals surface area contributed by atoms with Gasteiger partial charge >= 0.3 is 0 Å². The average Bonchev–Trinajstić information content (AvgIpc) is 2.34. The summed E-state index contributed by atoms with van der Waals surface area (Å²) in [5.74, 6) is 0.0391. The van der Waals surface area contributed by atoms with Gasteiger partial charge in [-0.1, -0.05) is 0 Å². The third-order valence-corrected chi connectivity index (χ3v) is 1.46. The van der Waals surface area contributed by atoms with E-state index in [1.807, 2.05) is 0 Å². The van der Waals surface area contributed by atoms with Crippen LogP contribution in [0.1, 0.15) is 0 Å². The zero-order valence-electron chi connectivity index (χ0n) is 5.51. The number of carbonyl (C=O) groups excluding carboxylic acids is 1. The molecule has 0 saturated carbocycles. The molecule has 0 radical (unpaired) electrons. The van der Waals surface area contributed by atoms with Crippen LogP contribution in [0.15, 0.2) is 21.6 Å². The van der Waals surface area contributed by atoms with Gasteiger partial charge in [-0.3, -0.25) is 10.2 Å². The number of amidine groups is 1. The summed E-state index contributed by atoms with van der Waals surface area (Å²) in [7, 11) is 0. The van der Waals surface area contributed by atoms with Crippen molar-refractivity contribution in [1.29, 1.82) is 5.41 Å². The second-order valence-corrected chi connectivity index (χ2v) is 2.13. The third-order valence-electron chi connectivity index (χ3n) is 1.46. The Morgan fingerprint density at radius 2 is 2.18 bits per heavy atom. The van der Waals surface area contributed by atoms with Crippen LogP contribution < -0.4 is 10.6 Å². The molecule has 0 fully saturated rings. The quantitative estimate of drug-likeness (QED) is 0.428. The molecule has 0 saturated heterocycles. The van der Waals surface area contributed by atoms with Crippen molar-refractivity contribution in [2.45, 2.75) is 0 Å². The molecule has 0 aromatic carbocycles. The van der Waals surface area contributed by atoms with Gasteiger partial charge in [-0.15, -0.1) is 10.2 Å². The molecule has 0 aromatic rings. The lowest BCUT2D eigenvalue weighted by Crippen LogP contribution is -2.41. The maximum Gasteiger partial charge on any atom is 0.260 e. The molecule has 0 bridgehead atoms. The van der Waals surface area contributed by atoms with Gasteiger partial charge in [-0.25, -0.2) is 0 Å². The van der Waals surface area contributed by atoms with E-state index in [9.17, 15) is 4.79 Å². The molecular formula is C5H5N5O. The highest BCUT2D eigenvalue weighted by atomic mass is 16.2. The van der Waals surface area contributed by atoms with Crippen LogP contribution >= 0.6 is 0 Å². The van der Waals surface area contributed by atoms with Crippen molar-refractivity contribution in [3.05, 3.63) is 11.4 Å². The number of nitrogens with zero attached hydrogens (tertiary/aromatic N) is 2. The molecule has 11 heavy (non-hydrogen) atoms. The van der Waals surface area contributed by atoms with Gasteiger partial charge in [-0.05, 0) is 0 Å². The summed E-state index contributed by atoms with van der Waals surface area (Å²) in [5, 5.41) is 19.5. The molecule has 6 heteroatoms. The van der Waals surface area contributed by atoms with Gasteiger partial charge in [0, 0.05) is 0 Å². The molecule has 0 aromatic heterocycles. The van der Waals surface area contributed by atoms with Crippen molar-refractivity contribution >= 4 is 11.7 Å². The van der Waals surface area contributed by atoms with E-state index in [1.165, 1.54) is 0 Å². The van der Waals surface area contributed by atoms with Crippen LogP contribution in [0.2, 0.25) is 0 Å². The molecule has 2 rings (SSSR count). The van der Waals surface area contributed by atoms with E-state index < -0.39 is 0 Å². The molecule has 2 aliphatic heterocycles. The zero-order chi connectivity index (χ0) is 7.84. The van der Waals surface area contributed by atoms with Gasteiger partial charge in [0.05, 0.1) is 6.67 Å². The number of amides is 1. The summed E-state index contributed by atoms with van der Waals surface area (Å²) < 4.78 is 0. The molecular weight excluding hydrogens is 146 g/mol. The fraction of sp³-hybridized carbons (Fsp3) is 0.200. The highest BCUT2D eigenvalue weighted by molar-refractivity contribution is 6.21. The summed E-state index contributed by atoms with van der Waals surface area (Å²) in [6.07, 6.45) is 0. The topological polar surface area (TPSA) is 89.7 Å². The summed E-state index contributed by atoms with van der Waals surface area (Å²) in [6.45, 7) is 0.351. The second kappa shape index (κ2) is 1.88. The second-order valence-electron chi connectivity index (χ2n) is 2.13. The van der Waals surface area contributed by atoms with E-state index in [2.05, 4.69) is 20.9 Å². The SMILES string of the molecule is N=C1N=NC2=C1C(=O)NCN2. The first kappa shape index (κ1) is 6.02. The molecule has 56 valence electrons. The predicted octanol–water partition coefficient (Wildman–Crippen LogP) is -0.682. The Morgan fingerprint density at radius 1 is 1.36 bits per heavy atom. The fourth-order valence-electron chi connectivity index (χ4n) is 0.948. The maximum atomic E-state index is 11.0.